The van der Waals surface area contributed by atoms with Gasteiger partial charge in [0.15, 0.2) is 0 Å². The molecule has 96 valence electrons. The van der Waals surface area contributed by atoms with Crippen LogP contribution < -0.4 is 5.32 Å². The van der Waals surface area contributed by atoms with Crippen molar-refractivity contribution < 1.29 is 4.74 Å². The second-order valence-corrected chi connectivity index (χ2v) is 5.24. The highest BCUT2D eigenvalue weighted by molar-refractivity contribution is 4.77. The summed E-state index contributed by atoms with van der Waals surface area (Å²) in [4.78, 5) is 2.43. The number of hydrogen-bond acceptors (Lipinski definition) is 3. The van der Waals surface area contributed by atoms with E-state index < -0.39 is 0 Å². The number of nitrogens with zero attached hydrogens (tertiary/aromatic N) is 1. The second kappa shape index (κ2) is 7.25. The normalized spacial score (nSPS) is 25.9. The fourth-order valence-electron chi connectivity index (χ4n) is 2.39. The van der Waals surface area contributed by atoms with Crippen LogP contribution in [0, 0.1) is 5.92 Å². The fraction of sp³-hybridized carbons (Fsp3) is 1.00. The van der Waals surface area contributed by atoms with E-state index in [2.05, 4.69) is 38.0 Å². The van der Waals surface area contributed by atoms with Crippen LogP contribution in [0.1, 0.15) is 33.6 Å². The van der Waals surface area contributed by atoms with E-state index in [0.717, 1.165) is 32.0 Å². The molecule has 2 unspecified atom stereocenters. The zero-order valence-electron chi connectivity index (χ0n) is 11.3. The molecule has 1 fully saturated rings. The molecule has 0 aromatic heterocycles. The van der Waals surface area contributed by atoms with Crippen molar-refractivity contribution in [3.05, 3.63) is 0 Å². The van der Waals surface area contributed by atoms with Crippen molar-refractivity contribution in [3.8, 4) is 0 Å². The summed E-state index contributed by atoms with van der Waals surface area (Å²) in [6, 6.07) is 0.589. The molecule has 0 aromatic carbocycles. The Labute approximate surface area is 101 Å². The first-order valence-corrected chi connectivity index (χ1v) is 6.67. The lowest BCUT2D eigenvalue weighted by atomic mass is 9.99. The SMILES string of the molecule is CCC1OCCC1CN(C)CCNC(C)C. The van der Waals surface area contributed by atoms with Crippen LogP contribution >= 0.6 is 0 Å². The predicted octanol–water partition coefficient (Wildman–Crippen LogP) is 1.73. The molecule has 1 heterocycles. The topological polar surface area (TPSA) is 24.5 Å². The van der Waals surface area contributed by atoms with Crippen molar-refractivity contribution in [3.63, 3.8) is 0 Å². The molecule has 1 rings (SSSR count). The quantitative estimate of drug-likeness (QED) is 0.718. The Hall–Kier alpha value is -0.120. The van der Waals surface area contributed by atoms with Crippen LogP contribution in [0.15, 0.2) is 0 Å². The molecule has 1 N–H and O–H groups in total. The number of rotatable bonds is 7. The summed E-state index contributed by atoms with van der Waals surface area (Å²) in [6.45, 7) is 11.0. The van der Waals surface area contributed by atoms with Crippen LogP contribution in [0.2, 0.25) is 0 Å². The van der Waals surface area contributed by atoms with Gasteiger partial charge in [-0.05, 0) is 25.8 Å². The zero-order valence-corrected chi connectivity index (χ0v) is 11.3. The van der Waals surface area contributed by atoms with E-state index in [1.54, 1.807) is 0 Å². The summed E-state index contributed by atoms with van der Waals surface area (Å²) >= 11 is 0. The maximum absolute atomic E-state index is 5.72. The highest BCUT2D eigenvalue weighted by atomic mass is 16.5. The van der Waals surface area contributed by atoms with Gasteiger partial charge in [0.25, 0.3) is 0 Å². The minimum Gasteiger partial charge on any atom is -0.378 e. The van der Waals surface area contributed by atoms with Gasteiger partial charge in [-0.15, -0.1) is 0 Å². The van der Waals surface area contributed by atoms with Crippen molar-refractivity contribution in [1.82, 2.24) is 10.2 Å². The first-order valence-electron chi connectivity index (χ1n) is 6.67. The van der Waals surface area contributed by atoms with Gasteiger partial charge in [-0.25, -0.2) is 0 Å². The van der Waals surface area contributed by atoms with Gasteiger partial charge < -0.3 is 15.0 Å². The average molecular weight is 228 g/mol. The van der Waals surface area contributed by atoms with Gasteiger partial charge in [-0.1, -0.05) is 20.8 Å². The van der Waals surface area contributed by atoms with Gasteiger partial charge in [0.1, 0.15) is 0 Å². The van der Waals surface area contributed by atoms with Gasteiger partial charge in [-0.3, -0.25) is 0 Å². The minimum atomic E-state index is 0.500. The van der Waals surface area contributed by atoms with Crippen LogP contribution in [0.5, 0.6) is 0 Å². The van der Waals surface area contributed by atoms with E-state index in [9.17, 15) is 0 Å². The molecule has 3 heteroatoms. The van der Waals surface area contributed by atoms with E-state index in [1.165, 1.54) is 13.0 Å². The molecular weight excluding hydrogens is 200 g/mol. The fourth-order valence-corrected chi connectivity index (χ4v) is 2.39. The van der Waals surface area contributed by atoms with E-state index in [4.69, 9.17) is 4.74 Å². The molecule has 3 nitrogen and oxygen atoms in total. The molecule has 1 saturated heterocycles. The molecule has 0 amide bonds. The van der Waals surface area contributed by atoms with Crippen molar-refractivity contribution in [2.45, 2.75) is 45.8 Å². The van der Waals surface area contributed by atoms with Crippen LogP contribution in [-0.2, 0) is 4.74 Å². The molecule has 0 aliphatic carbocycles. The van der Waals surface area contributed by atoms with Crippen LogP contribution in [0.25, 0.3) is 0 Å². The molecule has 0 radical (unpaired) electrons. The van der Waals surface area contributed by atoms with Gasteiger partial charge in [-0.2, -0.15) is 0 Å². The lowest BCUT2D eigenvalue weighted by Crippen LogP contribution is -2.36. The third-order valence-electron chi connectivity index (χ3n) is 3.34. The van der Waals surface area contributed by atoms with Crippen LogP contribution in [-0.4, -0.2) is 50.3 Å². The molecule has 0 saturated carbocycles. The largest absolute Gasteiger partial charge is 0.378 e. The number of nitrogens with one attached hydrogen (secondary N) is 1. The summed E-state index contributed by atoms with van der Waals surface area (Å²) < 4.78 is 5.72. The van der Waals surface area contributed by atoms with Crippen molar-refractivity contribution in [2.24, 2.45) is 5.92 Å². The summed E-state index contributed by atoms with van der Waals surface area (Å²) in [6.07, 6.45) is 2.89. The number of likely N-dealkylation sites (N-methyl/N-ethyl adjacent to an activating group) is 1. The van der Waals surface area contributed by atoms with Crippen molar-refractivity contribution in [1.29, 1.82) is 0 Å². The molecule has 1 aliphatic heterocycles. The Morgan fingerprint density at radius 2 is 2.19 bits per heavy atom. The summed E-state index contributed by atoms with van der Waals surface area (Å²) in [7, 11) is 2.22. The van der Waals surface area contributed by atoms with Gasteiger partial charge in [0, 0.05) is 32.3 Å². The molecule has 0 bridgehead atoms. The van der Waals surface area contributed by atoms with Gasteiger partial charge >= 0.3 is 0 Å². The summed E-state index contributed by atoms with van der Waals surface area (Å²) in [5.41, 5.74) is 0. The van der Waals surface area contributed by atoms with E-state index in [1.807, 2.05) is 0 Å². The monoisotopic (exact) mass is 228 g/mol. The highest BCUT2D eigenvalue weighted by Crippen LogP contribution is 2.23. The maximum Gasteiger partial charge on any atom is 0.0613 e. The highest BCUT2D eigenvalue weighted by Gasteiger charge is 2.27. The molecular formula is C13H28N2O. The third kappa shape index (κ3) is 4.81. The van der Waals surface area contributed by atoms with Crippen molar-refractivity contribution >= 4 is 0 Å². The van der Waals surface area contributed by atoms with Crippen molar-refractivity contribution in [2.75, 3.05) is 33.3 Å². The van der Waals surface area contributed by atoms with Gasteiger partial charge in [0.05, 0.1) is 6.10 Å². The first-order chi connectivity index (χ1) is 7.63. The Morgan fingerprint density at radius 3 is 2.81 bits per heavy atom. The average Bonchev–Trinajstić information content (AvgIpc) is 2.64. The zero-order chi connectivity index (χ0) is 12.0. The van der Waals surface area contributed by atoms with Gasteiger partial charge in [0.2, 0.25) is 0 Å². The first kappa shape index (κ1) is 13.9. The Bertz CT molecular complexity index is 185. The van der Waals surface area contributed by atoms with Crippen LogP contribution in [0.3, 0.4) is 0 Å². The lowest BCUT2D eigenvalue weighted by molar-refractivity contribution is 0.0785. The summed E-state index contributed by atoms with van der Waals surface area (Å²) in [5, 5.41) is 3.45. The van der Waals surface area contributed by atoms with E-state index in [-0.39, 0.29) is 0 Å². The molecule has 2 atom stereocenters. The molecule has 0 spiro atoms. The van der Waals surface area contributed by atoms with E-state index >= 15 is 0 Å². The third-order valence-corrected chi connectivity index (χ3v) is 3.34. The Balaban J connectivity index is 2.15. The predicted molar refractivity (Wildman–Crippen MR) is 68.8 cm³/mol. The summed E-state index contributed by atoms with van der Waals surface area (Å²) in [5.74, 6) is 0.744. The smallest absolute Gasteiger partial charge is 0.0613 e. The molecule has 16 heavy (non-hydrogen) atoms. The Morgan fingerprint density at radius 1 is 1.44 bits per heavy atom. The lowest BCUT2D eigenvalue weighted by Gasteiger charge is -2.24. The second-order valence-electron chi connectivity index (χ2n) is 5.24. The number of ether oxygens (including phenoxy) is 1. The molecule has 0 aromatic rings. The number of hydrogen-bond donors (Lipinski definition) is 1. The standard InChI is InChI=1S/C13H28N2O/c1-5-13-12(6-9-16-13)10-15(4)8-7-14-11(2)3/h11-14H,5-10H2,1-4H3. The minimum absolute atomic E-state index is 0.500. The Kier molecular flexibility index (Phi) is 6.32. The van der Waals surface area contributed by atoms with E-state index in [0.29, 0.717) is 12.1 Å². The molecule has 1 aliphatic rings. The van der Waals surface area contributed by atoms with Crippen LogP contribution in [0.4, 0.5) is 0 Å². The maximum atomic E-state index is 5.72.